The Bertz CT molecular complexity index is 472. The third-order valence-electron chi connectivity index (χ3n) is 2.64. The molecular formula is C12H18N4S. The van der Waals surface area contributed by atoms with Crippen LogP contribution in [-0.2, 0) is 6.42 Å². The maximum Gasteiger partial charge on any atom is 0.148 e. The number of thiazole rings is 1. The lowest BCUT2D eigenvalue weighted by molar-refractivity contribution is 0.534. The van der Waals surface area contributed by atoms with E-state index < -0.39 is 0 Å². The van der Waals surface area contributed by atoms with Crippen LogP contribution in [0.1, 0.15) is 30.5 Å². The molecule has 0 amide bonds. The van der Waals surface area contributed by atoms with E-state index in [-0.39, 0.29) is 0 Å². The van der Waals surface area contributed by atoms with Crippen molar-refractivity contribution in [2.45, 2.75) is 33.2 Å². The van der Waals surface area contributed by atoms with Gasteiger partial charge in [-0.05, 0) is 20.8 Å². The van der Waals surface area contributed by atoms with Crippen LogP contribution in [0.4, 0.5) is 5.82 Å². The summed E-state index contributed by atoms with van der Waals surface area (Å²) in [5.74, 6) is 0.945. The van der Waals surface area contributed by atoms with Crippen molar-refractivity contribution < 1.29 is 0 Å². The summed E-state index contributed by atoms with van der Waals surface area (Å²) in [5, 5.41) is 7.78. The Kier molecular flexibility index (Phi) is 3.78. The summed E-state index contributed by atoms with van der Waals surface area (Å²) in [4.78, 5) is 5.59. The largest absolute Gasteiger partial charge is 0.368 e. The number of nitrogens with one attached hydrogen (secondary N) is 1. The van der Waals surface area contributed by atoms with Crippen LogP contribution in [0.15, 0.2) is 17.8 Å². The molecule has 0 radical (unpaired) electrons. The number of hydrogen-bond acceptors (Lipinski definition) is 4. The Hall–Kier alpha value is -1.36. The van der Waals surface area contributed by atoms with E-state index >= 15 is 0 Å². The number of rotatable bonds is 5. The van der Waals surface area contributed by atoms with Crippen LogP contribution in [0, 0.1) is 6.92 Å². The molecule has 92 valence electrons. The Labute approximate surface area is 106 Å². The van der Waals surface area contributed by atoms with Crippen molar-refractivity contribution in [3.63, 3.8) is 0 Å². The topological polar surface area (TPSA) is 42.7 Å². The molecule has 0 atom stereocenters. The summed E-state index contributed by atoms with van der Waals surface area (Å²) >= 11 is 1.72. The van der Waals surface area contributed by atoms with Crippen molar-refractivity contribution in [3.05, 3.63) is 28.3 Å². The molecule has 0 saturated heterocycles. The minimum atomic E-state index is 0.411. The van der Waals surface area contributed by atoms with Crippen molar-refractivity contribution in [1.29, 1.82) is 0 Å². The van der Waals surface area contributed by atoms with Gasteiger partial charge in [-0.15, -0.1) is 11.3 Å². The highest BCUT2D eigenvalue weighted by atomic mass is 32.1. The van der Waals surface area contributed by atoms with Gasteiger partial charge < -0.3 is 5.32 Å². The molecule has 4 nitrogen and oxygen atoms in total. The molecule has 5 heteroatoms. The minimum absolute atomic E-state index is 0.411. The lowest BCUT2D eigenvalue weighted by atomic mass is 10.3. The van der Waals surface area contributed by atoms with E-state index in [1.54, 1.807) is 11.3 Å². The van der Waals surface area contributed by atoms with Crippen LogP contribution in [0.25, 0.3) is 0 Å². The van der Waals surface area contributed by atoms with Gasteiger partial charge in [0.2, 0.25) is 0 Å². The molecule has 0 spiro atoms. The van der Waals surface area contributed by atoms with Crippen LogP contribution >= 0.6 is 11.3 Å². The number of hydrogen-bond donors (Lipinski definition) is 1. The van der Waals surface area contributed by atoms with Crippen molar-refractivity contribution in [3.8, 4) is 0 Å². The van der Waals surface area contributed by atoms with Gasteiger partial charge in [-0.2, -0.15) is 5.10 Å². The Morgan fingerprint density at radius 2 is 2.29 bits per heavy atom. The van der Waals surface area contributed by atoms with Gasteiger partial charge in [-0.3, -0.25) is 4.68 Å². The number of aromatic nitrogens is 3. The first kappa shape index (κ1) is 12.1. The van der Waals surface area contributed by atoms with Gasteiger partial charge in [-0.1, -0.05) is 0 Å². The molecule has 2 rings (SSSR count). The Morgan fingerprint density at radius 1 is 1.47 bits per heavy atom. The summed E-state index contributed by atoms with van der Waals surface area (Å²) in [6.45, 7) is 7.20. The van der Waals surface area contributed by atoms with Crippen molar-refractivity contribution in [1.82, 2.24) is 14.8 Å². The van der Waals surface area contributed by atoms with E-state index in [0.717, 1.165) is 24.5 Å². The first-order chi connectivity index (χ1) is 8.16. The van der Waals surface area contributed by atoms with E-state index in [1.807, 2.05) is 22.5 Å². The molecule has 0 aliphatic rings. The number of anilines is 1. The van der Waals surface area contributed by atoms with Crippen LogP contribution < -0.4 is 5.32 Å². The highest BCUT2D eigenvalue weighted by Gasteiger charge is 2.03. The SMILES string of the molecule is Cc1ncsc1CCNc1ccn(C(C)C)n1. The fourth-order valence-corrected chi connectivity index (χ4v) is 2.37. The maximum atomic E-state index is 4.44. The smallest absolute Gasteiger partial charge is 0.148 e. The van der Waals surface area contributed by atoms with Gasteiger partial charge in [-0.25, -0.2) is 4.98 Å². The first-order valence-corrected chi connectivity index (χ1v) is 6.73. The lowest BCUT2D eigenvalue weighted by Crippen LogP contribution is -2.07. The lowest BCUT2D eigenvalue weighted by Gasteiger charge is -2.05. The summed E-state index contributed by atoms with van der Waals surface area (Å²) in [7, 11) is 0. The van der Waals surface area contributed by atoms with Crippen molar-refractivity contribution in [2.75, 3.05) is 11.9 Å². The van der Waals surface area contributed by atoms with Gasteiger partial charge in [0, 0.05) is 36.1 Å². The van der Waals surface area contributed by atoms with Crippen LogP contribution in [0.5, 0.6) is 0 Å². The predicted molar refractivity (Wildman–Crippen MR) is 71.7 cm³/mol. The van der Waals surface area contributed by atoms with Crippen molar-refractivity contribution >= 4 is 17.2 Å². The molecule has 0 aliphatic carbocycles. The second kappa shape index (κ2) is 5.31. The molecule has 0 unspecified atom stereocenters. The monoisotopic (exact) mass is 250 g/mol. The number of aryl methyl sites for hydroxylation is 1. The third-order valence-corrected chi connectivity index (χ3v) is 3.64. The minimum Gasteiger partial charge on any atom is -0.368 e. The molecule has 2 aromatic rings. The molecule has 0 aromatic carbocycles. The third kappa shape index (κ3) is 3.06. The van der Waals surface area contributed by atoms with E-state index in [2.05, 4.69) is 36.2 Å². The summed E-state index contributed by atoms with van der Waals surface area (Å²) < 4.78 is 1.96. The molecule has 0 saturated carbocycles. The highest BCUT2D eigenvalue weighted by molar-refractivity contribution is 7.09. The molecule has 17 heavy (non-hydrogen) atoms. The van der Waals surface area contributed by atoms with E-state index in [0.29, 0.717) is 6.04 Å². The highest BCUT2D eigenvalue weighted by Crippen LogP contribution is 2.13. The first-order valence-electron chi connectivity index (χ1n) is 5.85. The quantitative estimate of drug-likeness (QED) is 0.887. The molecule has 0 aliphatic heterocycles. The predicted octanol–water partition coefficient (Wildman–Crippen LogP) is 2.88. The van der Waals surface area contributed by atoms with Crippen LogP contribution in [-0.4, -0.2) is 21.3 Å². The maximum absolute atomic E-state index is 4.44. The van der Waals surface area contributed by atoms with Crippen LogP contribution in [0.2, 0.25) is 0 Å². The Balaban J connectivity index is 1.84. The average Bonchev–Trinajstić information content (AvgIpc) is 2.89. The number of nitrogens with zero attached hydrogens (tertiary/aromatic N) is 3. The zero-order chi connectivity index (χ0) is 12.3. The van der Waals surface area contributed by atoms with Gasteiger partial charge in [0.05, 0.1) is 11.2 Å². The van der Waals surface area contributed by atoms with Gasteiger partial charge in [0.15, 0.2) is 0 Å². The van der Waals surface area contributed by atoms with Gasteiger partial charge in [0.1, 0.15) is 5.82 Å². The average molecular weight is 250 g/mol. The fraction of sp³-hybridized carbons (Fsp3) is 0.500. The van der Waals surface area contributed by atoms with E-state index in [1.165, 1.54) is 4.88 Å². The molecule has 2 heterocycles. The van der Waals surface area contributed by atoms with E-state index in [9.17, 15) is 0 Å². The fourth-order valence-electron chi connectivity index (χ4n) is 1.59. The zero-order valence-electron chi connectivity index (χ0n) is 10.5. The summed E-state index contributed by atoms with van der Waals surface area (Å²) in [6, 6.07) is 2.42. The van der Waals surface area contributed by atoms with E-state index in [4.69, 9.17) is 0 Å². The normalized spacial score (nSPS) is 11.1. The van der Waals surface area contributed by atoms with Gasteiger partial charge >= 0.3 is 0 Å². The van der Waals surface area contributed by atoms with Crippen LogP contribution in [0.3, 0.4) is 0 Å². The molecule has 0 bridgehead atoms. The molecule has 0 fully saturated rings. The Morgan fingerprint density at radius 3 is 2.88 bits per heavy atom. The second-order valence-corrected chi connectivity index (χ2v) is 5.25. The zero-order valence-corrected chi connectivity index (χ0v) is 11.3. The molecule has 2 aromatic heterocycles. The second-order valence-electron chi connectivity index (χ2n) is 4.31. The standard InChI is InChI=1S/C12H18N4S/c1-9(2)16-7-5-12(15-16)13-6-4-11-10(3)14-8-17-11/h5,7-9H,4,6H2,1-3H3,(H,13,15). The molecule has 1 N–H and O–H groups in total. The summed E-state index contributed by atoms with van der Waals surface area (Å²) in [6.07, 6.45) is 3.01. The molecular weight excluding hydrogens is 232 g/mol. The van der Waals surface area contributed by atoms with Gasteiger partial charge in [0.25, 0.3) is 0 Å². The van der Waals surface area contributed by atoms with Crippen molar-refractivity contribution in [2.24, 2.45) is 0 Å². The summed E-state index contributed by atoms with van der Waals surface area (Å²) in [5.41, 5.74) is 3.04.